The summed E-state index contributed by atoms with van der Waals surface area (Å²) in [4.78, 5) is 65.4. The average molecular weight is 1000 g/mol. The highest BCUT2D eigenvalue weighted by molar-refractivity contribution is 5.81. The molecule has 0 aliphatic carbocycles. The van der Waals surface area contributed by atoms with Crippen molar-refractivity contribution in [1.29, 1.82) is 0 Å². The molecule has 0 fully saturated rings. The van der Waals surface area contributed by atoms with Crippen LogP contribution in [0.4, 0.5) is 4.79 Å². The van der Waals surface area contributed by atoms with Gasteiger partial charge in [0.05, 0.1) is 61.5 Å². The molecule has 0 aromatic heterocycles. The van der Waals surface area contributed by atoms with Crippen LogP contribution in [-0.2, 0) is 28.8 Å². The number of hydrogen-bond donors (Lipinski definition) is 6. The zero-order valence-corrected chi connectivity index (χ0v) is 45.9. The molecule has 0 rings (SSSR count). The fraction of sp³-hybridized carbons (Fsp3) is 0.577. The van der Waals surface area contributed by atoms with Crippen LogP contribution in [-0.4, -0.2) is 150 Å². The molecule has 8 N–H and O–H groups in total. The number of hydrogen-bond acceptors (Lipinski definition) is 11. The predicted molar refractivity (Wildman–Crippen MR) is 274 cm³/mol. The van der Waals surface area contributed by atoms with Crippen LogP contribution in [0.25, 0.3) is 0 Å². The third kappa shape index (κ3) is 131. The number of nitrogens with zero attached hydrogens (tertiary/aromatic N) is 2. The first-order chi connectivity index (χ1) is 31.3. The van der Waals surface area contributed by atoms with Crippen molar-refractivity contribution < 1.29 is 88.9 Å². The van der Waals surface area contributed by atoms with Gasteiger partial charge in [0.25, 0.3) is 0 Å². The summed E-state index contributed by atoms with van der Waals surface area (Å²) in [5.74, 6) is -3.68. The van der Waals surface area contributed by atoms with Gasteiger partial charge in [-0.05, 0) is 141 Å². The Morgan fingerprint density at radius 2 is 0.600 bits per heavy atom. The van der Waals surface area contributed by atoms with Crippen molar-refractivity contribution in [3.05, 3.63) is 93.2 Å². The Morgan fingerprint density at radius 3 is 0.700 bits per heavy atom. The molecule has 0 heterocycles. The molecule has 0 radical (unpaired) electrons. The standard InChI is InChI=1S/4C10H16O2.2C5H14NO.CH2O3.CO2.H2O/c4*1-8(2)5-4-6-9(3)7-10(11)12;2*1-6(2,3)4-5-7;2-1(3)4;2-1-3;/h4*5,7H,4,6H2,1-3H3,(H,11,12);2*7H,4-5H2,1-3H3;(H2,2,3,4);;1H2/q;;;;2*+1;;;/p-2/b4*9-7+;;;;;. The first-order valence-electron chi connectivity index (χ1n) is 22.2. The van der Waals surface area contributed by atoms with E-state index >= 15 is 0 Å². The molecule has 0 amide bonds. The van der Waals surface area contributed by atoms with Gasteiger partial charge < -0.3 is 64.9 Å². The van der Waals surface area contributed by atoms with E-state index in [2.05, 4.69) is 66.6 Å². The molecule has 18 nitrogen and oxygen atoms in total. The van der Waals surface area contributed by atoms with Crippen LogP contribution >= 0.6 is 0 Å². The fourth-order valence-corrected chi connectivity index (χ4v) is 4.08. The third-order valence-corrected chi connectivity index (χ3v) is 7.38. The van der Waals surface area contributed by atoms with Crippen molar-refractivity contribution >= 4 is 36.2 Å². The van der Waals surface area contributed by atoms with E-state index in [0.29, 0.717) is 0 Å². The molecule has 0 atom stereocenters. The number of aliphatic carboxylic acids is 4. The summed E-state index contributed by atoms with van der Waals surface area (Å²) in [6.07, 6.45) is 18.5. The number of allylic oxidation sites excluding steroid dienone is 12. The lowest BCUT2D eigenvalue weighted by atomic mass is 10.1. The minimum absolute atomic E-state index is 0. The molecule has 0 bridgehead atoms. The molecular weight excluding hydrogens is 909 g/mol. The lowest BCUT2D eigenvalue weighted by Crippen LogP contribution is -2.36. The maximum Gasteiger partial charge on any atom is 0.373 e. The Kier molecular flexibility index (Phi) is 67.2. The number of aliphatic hydroxyl groups is 2. The van der Waals surface area contributed by atoms with Gasteiger partial charge in [-0.1, -0.05) is 68.9 Å². The van der Waals surface area contributed by atoms with E-state index in [-0.39, 0.29) is 24.8 Å². The second kappa shape index (κ2) is 55.8. The van der Waals surface area contributed by atoms with Gasteiger partial charge in [0.1, 0.15) is 13.1 Å². The van der Waals surface area contributed by atoms with Gasteiger partial charge in [0.2, 0.25) is 6.16 Å². The smallest absolute Gasteiger partial charge is 0.373 e. The summed E-state index contributed by atoms with van der Waals surface area (Å²) in [6.45, 7) is 25.8. The number of likely N-dealkylation sites (N-methyl/N-ethyl adjacent to an activating group) is 2. The van der Waals surface area contributed by atoms with Crippen LogP contribution in [0.1, 0.15) is 134 Å². The van der Waals surface area contributed by atoms with Gasteiger partial charge in [-0.3, -0.25) is 0 Å². The number of carboxylic acids is 4. The molecule has 0 saturated heterocycles. The monoisotopic (exact) mass is 1000 g/mol. The minimum Gasteiger partial charge on any atom is -0.565 e. The van der Waals surface area contributed by atoms with Crippen molar-refractivity contribution in [3.8, 4) is 0 Å². The average Bonchev–Trinajstić information content (AvgIpc) is 3.10. The van der Waals surface area contributed by atoms with Crippen LogP contribution in [0.3, 0.4) is 0 Å². The summed E-state index contributed by atoms with van der Waals surface area (Å²) >= 11 is 0. The summed E-state index contributed by atoms with van der Waals surface area (Å²) < 4.78 is 1.69. The van der Waals surface area contributed by atoms with Crippen molar-refractivity contribution in [1.82, 2.24) is 0 Å². The first kappa shape index (κ1) is 84.2. The molecular formula is C52H94N2O16. The second-order valence-corrected chi connectivity index (χ2v) is 18.4. The van der Waals surface area contributed by atoms with Gasteiger partial charge in [-0.15, -0.1) is 0 Å². The highest BCUT2D eigenvalue weighted by Gasteiger charge is 2.03. The Labute approximate surface area is 420 Å². The zero-order valence-electron chi connectivity index (χ0n) is 45.9. The summed E-state index contributed by atoms with van der Waals surface area (Å²) in [5.41, 5.74) is 8.69. The Balaban J connectivity index is -0.0000000893. The number of rotatable bonds is 20. The number of aliphatic hydroxyl groups excluding tert-OH is 2. The topological polar surface area (TPSA) is 318 Å². The maximum atomic E-state index is 10.2. The van der Waals surface area contributed by atoms with E-state index in [1.165, 1.54) is 40.5 Å². The van der Waals surface area contributed by atoms with Gasteiger partial charge in [-0.25, -0.2) is 14.4 Å². The van der Waals surface area contributed by atoms with Gasteiger partial charge in [0.15, 0.2) is 0 Å². The summed E-state index contributed by atoms with van der Waals surface area (Å²) in [5, 5.41) is 67.4. The second-order valence-electron chi connectivity index (χ2n) is 18.4. The van der Waals surface area contributed by atoms with Gasteiger partial charge in [0, 0.05) is 18.2 Å². The molecule has 0 aliphatic heterocycles. The van der Waals surface area contributed by atoms with Crippen LogP contribution in [0.5, 0.6) is 0 Å². The van der Waals surface area contributed by atoms with Crippen molar-refractivity contribution in [2.24, 2.45) is 0 Å². The largest absolute Gasteiger partial charge is 0.565 e. The maximum absolute atomic E-state index is 10.2. The van der Waals surface area contributed by atoms with Crippen molar-refractivity contribution in [2.75, 3.05) is 68.6 Å². The van der Waals surface area contributed by atoms with E-state index in [4.69, 9.17) is 50.1 Å². The number of carbonyl (C=O) groups is 5. The molecule has 0 aliphatic rings. The predicted octanol–water partition coefficient (Wildman–Crippen LogP) is 6.57. The van der Waals surface area contributed by atoms with Crippen molar-refractivity contribution in [3.63, 3.8) is 0 Å². The molecule has 0 spiro atoms. The lowest BCUT2D eigenvalue weighted by Gasteiger charge is -2.21. The van der Waals surface area contributed by atoms with Crippen LogP contribution in [0, 0.1) is 0 Å². The normalized spacial score (nSPS) is 10.5. The quantitative estimate of drug-likeness (QED) is 0.0427. The number of carbonyl (C=O) groups excluding carboxylic acids is 3. The molecule has 70 heavy (non-hydrogen) atoms. The molecule has 18 heteroatoms. The Morgan fingerprint density at radius 1 is 0.429 bits per heavy atom. The Bertz CT molecular complexity index is 1470. The SMILES string of the molecule is CC(C)=CCC/C(C)=C/C(=O)O.CC(C)=CCC/C(C)=C/C(=O)O.CC(C)=CCC/C(C)=C/C(=O)O.CC(C)=CCC/C(C)=C/C(=O)[O-].C[N+](C)(C)CCO.C[N+](C)(C)CCO.O.O=C([O-])O.O=C=O. The lowest BCUT2D eigenvalue weighted by molar-refractivity contribution is -0.870. The van der Waals surface area contributed by atoms with Crippen molar-refractivity contribution in [2.45, 2.75) is 134 Å². The molecule has 0 aromatic rings. The molecule has 408 valence electrons. The van der Waals surface area contributed by atoms with E-state index in [0.717, 1.165) is 102 Å². The highest BCUT2D eigenvalue weighted by atomic mass is 16.6. The van der Waals surface area contributed by atoms with E-state index in [9.17, 15) is 24.3 Å². The zero-order chi connectivity index (χ0) is 56.4. The van der Waals surface area contributed by atoms with Gasteiger partial charge in [-0.2, -0.15) is 9.59 Å². The fourth-order valence-electron chi connectivity index (χ4n) is 4.08. The summed E-state index contributed by atoms with van der Waals surface area (Å²) in [7, 11) is 12.3. The first-order valence-corrected chi connectivity index (χ1v) is 22.2. The molecule has 0 saturated carbocycles. The van der Waals surface area contributed by atoms with E-state index in [1.54, 1.807) is 6.92 Å². The minimum atomic E-state index is -2.08. The van der Waals surface area contributed by atoms with Crippen LogP contribution in [0.15, 0.2) is 93.2 Å². The van der Waals surface area contributed by atoms with E-state index < -0.39 is 30.0 Å². The third-order valence-electron chi connectivity index (χ3n) is 7.38. The van der Waals surface area contributed by atoms with Crippen LogP contribution in [0.2, 0.25) is 0 Å². The number of quaternary nitrogens is 2. The molecule has 0 aromatic carbocycles. The van der Waals surface area contributed by atoms with Gasteiger partial charge >= 0.3 is 24.1 Å². The highest BCUT2D eigenvalue weighted by Crippen LogP contribution is 2.08. The summed E-state index contributed by atoms with van der Waals surface area (Å²) in [6, 6.07) is 0. The van der Waals surface area contributed by atoms with E-state index in [1.807, 2.05) is 76.2 Å². The molecule has 0 unspecified atom stereocenters. The Hall–Kier alpha value is -5.75. The number of carboxylic acid groups (broad SMARTS) is 6. The van der Waals surface area contributed by atoms with Crippen LogP contribution < -0.4 is 10.2 Å².